The predicted molar refractivity (Wildman–Crippen MR) is 207 cm³/mol. The molecule has 0 heterocycles. The number of fused-ring (bicyclic) bond motifs is 5. The number of carbonyl (C=O) groups excluding carboxylic acids is 4. The molecule has 0 spiro atoms. The van der Waals surface area contributed by atoms with E-state index >= 15 is 0 Å². The number of carboxylic acid groups (broad SMARTS) is 1. The number of aliphatic hydroxyl groups is 2. The largest absolute Gasteiger partial charge is 0.480 e. The van der Waals surface area contributed by atoms with Crippen LogP contribution in [0, 0.1) is 51.8 Å². The molecule has 0 aliphatic heterocycles. The van der Waals surface area contributed by atoms with Gasteiger partial charge < -0.3 is 40.2 Å². The van der Waals surface area contributed by atoms with Crippen molar-refractivity contribution in [2.24, 2.45) is 51.8 Å². The summed E-state index contributed by atoms with van der Waals surface area (Å²) in [5, 5.41) is 37.9. The molecule has 13 nitrogen and oxygen atoms in total. The average molecular weight is 791 g/mol. The Labute approximate surface area is 333 Å². The van der Waals surface area contributed by atoms with E-state index in [0.717, 1.165) is 64.2 Å². The first-order chi connectivity index (χ1) is 26.6. The SMILES string of the molecule is COC(=O)CC1(CNC(=O)OCCCCCC(=O)O[C@@H]2CCC3(C)C(C2)C[C@@H](O)C2C3C[C@H](O)[C@@]3(C)C2CCC3[C@H](C)CCC(=O)NCC(=O)O)CCCCC1. The Kier molecular flexibility index (Phi) is 15.2. The van der Waals surface area contributed by atoms with Gasteiger partial charge in [0.2, 0.25) is 5.91 Å². The molecule has 0 aromatic heterocycles. The van der Waals surface area contributed by atoms with Crippen molar-refractivity contribution in [2.75, 3.05) is 26.8 Å². The Morgan fingerprint density at radius 1 is 0.839 bits per heavy atom. The van der Waals surface area contributed by atoms with Crippen LogP contribution in [-0.4, -0.2) is 90.3 Å². The van der Waals surface area contributed by atoms with E-state index < -0.39 is 24.3 Å². The van der Waals surface area contributed by atoms with Crippen molar-refractivity contribution in [3.05, 3.63) is 0 Å². The first-order valence-corrected chi connectivity index (χ1v) is 21.6. The lowest BCUT2D eigenvalue weighted by atomic mass is 9.43. The van der Waals surface area contributed by atoms with Gasteiger partial charge in [0.05, 0.1) is 32.3 Å². The highest BCUT2D eigenvalue weighted by Crippen LogP contribution is 2.68. The standard InChI is InChI=1S/C43H70N2O11/c1-27(12-15-35(48)44-25-36(49)50)30-13-14-31-39-32(23-34(47)42(30,31)3)41(2)19-16-29(21-28(41)22-33(39)46)56-37(51)11-7-5-10-20-55-40(53)45-26-43(24-38(52)54-4)17-8-6-9-18-43/h27-34,39,46-47H,5-26H2,1-4H3,(H,44,48)(H,45,53)(H,49,50)/t27-,28?,29-,30?,31?,32?,33-,34+,39?,41?,42-/m1/s1. The minimum absolute atomic E-state index is 0.0638. The highest BCUT2D eigenvalue weighted by atomic mass is 16.6. The second-order valence-corrected chi connectivity index (χ2v) is 18.8. The molecule has 5 rings (SSSR count). The van der Waals surface area contributed by atoms with Crippen LogP contribution in [0.4, 0.5) is 4.79 Å². The van der Waals surface area contributed by atoms with Crippen LogP contribution in [0.15, 0.2) is 0 Å². The Morgan fingerprint density at radius 2 is 1.59 bits per heavy atom. The van der Waals surface area contributed by atoms with Gasteiger partial charge in [-0.1, -0.05) is 40.0 Å². The normalized spacial score (nSPS) is 35.1. The van der Waals surface area contributed by atoms with Gasteiger partial charge in [0.25, 0.3) is 0 Å². The summed E-state index contributed by atoms with van der Waals surface area (Å²) in [4.78, 5) is 60.4. The van der Waals surface area contributed by atoms with Crippen molar-refractivity contribution >= 4 is 29.9 Å². The molecule has 5 aliphatic rings. The van der Waals surface area contributed by atoms with Crippen LogP contribution >= 0.6 is 0 Å². The molecule has 6 unspecified atom stereocenters. The molecule has 5 aliphatic carbocycles. The summed E-state index contributed by atoms with van der Waals surface area (Å²) in [5.74, 6) is -0.791. The Hall–Kier alpha value is -2.93. The van der Waals surface area contributed by atoms with E-state index in [4.69, 9.17) is 19.3 Å². The molecule has 5 fully saturated rings. The van der Waals surface area contributed by atoms with Gasteiger partial charge in [0, 0.05) is 19.4 Å². The lowest BCUT2D eigenvalue weighted by Gasteiger charge is -2.63. The zero-order chi connectivity index (χ0) is 40.7. The minimum atomic E-state index is -1.07. The van der Waals surface area contributed by atoms with Crippen molar-refractivity contribution in [2.45, 2.75) is 161 Å². The molecule has 5 saturated carbocycles. The maximum Gasteiger partial charge on any atom is 0.407 e. The average Bonchev–Trinajstić information content (AvgIpc) is 3.53. The third kappa shape index (κ3) is 10.2. The van der Waals surface area contributed by atoms with Gasteiger partial charge in [0.15, 0.2) is 0 Å². The van der Waals surface area contributed by atoms with E-state index in [-0.39, 0.29) is 95.3 Å². The van der Waals surface area contributed by atoms with Gasteiger partial charge in [-0.3, -0.25) is 19.2 Å². The number of hydrogen-bond donors (Lipinski definition) is 5. The number of ether oxygens (including phenoxy) is 3. The van der Waals surface area contributed by atoms with E-state index in [0.29, 0.717) is 57.9 Å². The van der Waals surface area contributed by atoms with E-state index in [1.54, 1.807) is 0 Å². The van der Waals surface area contributed by atoms with Gasteiger partial charge >= 0.3 is 24.0 Å². The molecule has 318 valence electrons. The topological polar surface area (TPSA) is 198 Å². The molecule has 5 N–H and O–H groups in total. The molecule has 13 heteroatoms. The fraction of sp³-hybridized carbons (Fsp3) is 0.884. The molecule has 56 heavy (non-hydrogen) atoms. The zero-order valence-electron chi connectivity index (χ0n) is 34.4. The quantitative estimate of drug-likeness (QED) is 0.0667. The molecule has 0 aromatic carbocycles. The number of aliphatic hydroxyl groups excluding tert-OH is 2. The fourth-order valence-electron chi connectivity index (χ4n) is 12.4. The molecule has 0 saturated heterocycles. The van der Waals surface area contributed by atoms with Gasteiger partial charge in [-0.2, -0.15) is 0 Å². The number of carboxylic acids is 1. The number of amides is 2. The van der Waals surface area contributed by atoms with Crippen molar-refractivity contribution in [3.8, 4) is 0 Å². The number of rotatable bonds is 17. The number of hydrogen-bond acceptors (Lipinski definition) is 10. The zero-order valence-corrected chi connectivity index (χ0v) is 34.4. The molecule has 0 radical (unpaired) electrons. The summed E-state index contributed by atoms with van der Waals surface area (Å²) < 4.78 is 16.3. The second-order valence-electron chi connectivity index (χ2n) is 18.8. The van der Waals surface area contributed by atoms with Crippen molar-refractivity contribution in [3.63, 3.8) is 0 Å². The Bertz CT molecular complexity index is 1390. The van der Waals surface area contributed by atoms with E-state index in [1.807, 2.05) is 0 Å². The summed E-state index contributed by atoms with van der Waals surface area (Å²) in [6.45, 7) is 6.92. The minimum Gasteiger partial charge on any atom is -0.480 e. The number of nitrogens with one attached hydrogen (secondary N) is 2. The van der Waals surface area contributed by atoms with Crippen molar-refractivity contribution in [1.29, 1.82) is 0 Å². The molecular formula is C43H70N2O11. The Morgan fingerprint density at radius 3 is 2.30 bits per heavy atom. The number of carbonyl (C=O) groups is 5. The van der Waals surface area contributed by atoms with Crippen LogP contribution in [0.1, 0.15) is 143 Å². The van der Waals surface area contributed by atoms with Crippen LogP contribution in [0.3, 0.4) is 0 Å². The van der Waals surface area contributed by atoms with Gasteiger partial charge in [-0.25, -0.2) is 4.79 Å². The van der Waals surface area contributed by atoms with Crippen LogP contribution in [-0.2, 0) is 33.4 Å². The van der Waals surface area contributed by atoms with Crippen LogP contribution in [0.2, 0.25) is 0 Å². The summed E-state index contributed by atoms with van der Waals surface area (Å²) in [7, 11) is 1.39. The summed E-state index contributed by atoms with van der Waals surface area (Å²) in [5.41, 5.74) is -0.706. The lowest BCUT2D eigenvalue weighted by molar-refractivity contribution is -0.209. The van der Waals surface area contributed by atoms with E-state index in [2.05, 4.69) is 31.4 Å². The number of alkyl carbamates (subject to hydrolysis) is 1. The Balaban J connectivity index is 1.03. The summed E-state index contributed by atoms with van der Waals surface area (Å²) in [6, 6.07) is 0. The molecule has 2 amide bonds. The summed E-state index contributed by atoms with van der Waals surface area (Å²) >= 11 is 0. The molecule has 0 aromatic rings. The van der Waals surface area contributed by atoms with Gasteiger partial charge in [-0.15, -0.1) is 0 Å². The van der Waals surface area contributed by atoms with Crippen LogP contribution < -0.4 is 10.6 Å². The van der Waals surface area contributed by atoms with Crippen molar-refractivity contribution in [1.82, 2.24) is 10.6 Å². The molecular weight excluding hydrogens is 720 g/mol. The third-order valence-electron chi connectivity index (χ3n) is 15.6. The van der Waals surface area contributed by atoms with Gasteiger partial charge in [0.1, 0.15) is 12.6 Å². The maximum atomic E-state index is 12.9. The maximum absolute atomic E-state index is 12.9. The van der Waals surface area contributed by atoms with Gasteiger partial charge in [-0.05, 0) is 135 Å². The number of unbranched alkanes of at least 4 members (excludes halogenated alkanes) is 2. The second kappa shape index (κ2) is 19.2. The summed E-state index contributed by atoms with van der Waals surface area (Å²) in [6.07, 6.45) is 12.2. The first-order valence-electron chi connectivity index (χ1n) is 21.6. The van der Waals surface area contributed by atoms with E-state index in [1.165, 1.54) is 7.11 Å². The monoisotopic (exact) mass is 790 g/mol. The van der Waals surface area contributed by atoms with Crippen LogP contribution in [0.5, 0.6) is 0 Å². The molecule has 0 bridgehead atoms. The first kappa shape index (κ1) is 44.2. The fourth-order valence-corrected chi connectivity index (χ4v) is 12.4. The highest BCUT2D eigenvalue weighted by Gasteiger charge is 2.66. The number of esters is 2. The predicted octanol–water partition coefficient (Wildman–Crippen LogP) is 5.92. The molecule has 11 atom stereocenters. The lowest BCUT2D eigenvalue weighted by Crippen LogP contribution is -2.62. The number of aliphatic carboxylic acids is 1. The van der Waals surface area contributed by atoms with Crippen molar-refractivity contribution < 1.29 is 53.5 Å². The van der Waals surface area contributed by atoms with Crippen LogP contribution in [0.25, 0.3) is 0 Å². The highest BCUT2D eigenvalue weighted by molar-refractivity contribution is 5.81. The number of methoxy groups -OCH3 is 1. The van der Waals surface area contributed by atoms with E-state index in [9.17, 15) is 34.2 Å². The smallest absolute Gasteiger partial charge is 0.407 e. The third-order valence-corrected chi connectivity index (χ3v) is 15.6.